The minimum atomic E-state index is -0.575. The van der Waals surface area contributed by atoms with Crippen LogP contribution in [0.5, 0.6) is 0 Å². The zero-order valence-corrected chi connectivity index (χ0v) is 18.4. The molecule has 1 aliphatic rings. The van der Waals surface area contributed by atoms with Crippen LogP contribution in [0.2, 0.25) is 0 Å². The molecule has 4 aromatic rings. The lowest BCUT2D eigenvalue weighted by molar-refractivity contribution is -0.110. The topological polar surface area (TPSA) is 20.3 Å². The maximum atomic E-state index is 12.3. The first-order valence-corrected chi connectivity index (χ1v) is 11.9. The summed E-state index contributed by atoms with van der Waals surface area (Å²) in [5, 5.41) is 4.10. The van der Waals surface area contributed by atoms with Gasteiger partial charge in [-0.3, -0.25) is 0 Å². The maximum Gasteiger partial charge on any atom is 0.142 e. The number of nitrogens with zero attached hydrogens (tertiary/aromatic N) is 1. The number of hydrogen-bond donors (Lipinski definition) is 0. The fourth-order valence-corrected chi connectivity index (χ4v) is 6.28. The first-order chi connectivity index (χ1) is 15.3. The largest absolute Gasteiger partial charge is 0.311 e. The Hall–Kier alpha value is -3.08. The molecule has 3 aromatic carbocycles. The number of rotatable bonds is 6. The molecule has 152 valence electrons. The van der Waals surface area contributed by atoms with E-state index in [2.05, 4.69) is 95.2 Å². The number of aldehydes is 1. The Labute approximate surface area is 190 Å². The molecule has 0 radical (unpaired) electrons. The van der Waals surface area contributed by atoms with E-state index in [4.69, 9.17) is 0 Å². The van der Waals surface area contributed by atoms with Crippen molar-refractivity contribution in [1.29, 1.82) is 0 Å². The lowest BCUT2D eigenvalue weighted by Gasteiger charge is -2.29. The van der Waals surface area contributed by atoms with Gasteiger partial charge >= 0.3 is 0 Å². The van der Waals surface area contributed by atoms with Crippen molar-refractivity contribution in [3.8, 4) is 0 Å². The van der Waals surface area contributed by atoms with Gasteiger partial charge in [-0.2, -0.15) is 0 Å². The van der Waals surface area contributed by atoms with E-state index >= 15 is 0 Å². The molecule has 0 amide bonds. The van der Waals surface area contributed by atoms with Crippen molar-refractivity contribution in [3.63, 3.8) is 0 Å². The normalized spacial score (nSPS) is 19.9. The summed E-state index contributed by atoms with van der Waals surface area (Å²) in [6.45, 7) is 0. The number of allylic oxidation sites excluding steroid dienone is 1. The second kappa shape index (κ2) is 8.58. The number of benzene rings is 3. The van der Waals surface area contributed by atoms with Crippen molar-refractivity contribution < 1.29 is 4.79 Å². The van der Waals surface area contributed by atoms with Gasteiger partial charge in [0.05, 0.1) is 0 Å². The summed E-state index contributed by atoms with van der Waals surface area (Å²) in [5.74, 6) is 0.0181. The molecule has 31 heavy (non-hydrogen) atoms. The Balaban J connectivity index is 1.53. The average Bonchev–Trinajstić information content (AvgIpc) is 3.52. The quantitative estimate of drug-likeness (QED) is 0.288. The summed E-state index contributed by atoms with van der Waals surface area (Å²) in [7, 11) is 0. The highest BCUT2D eigenvalue weighted by molar-refractivity contribution is 8.04. The first kappa shape index (κ1) is 19.9. The molecule has 0 saturated heterocycles. The van der Waals surface area contributed by atoms with E-state index in [0.717, 1.165) is 33.8 Å². The van der Waals surface area contributed by atoms with Gasteiger partial charge in [0.15, 0.2) is 0 Å². The van der Waals surface area contributed by atoms with E-state index in [1.165, 1.54) is 0 Å². The minimum absolute atomic E-state index is 0.0181. The predicted octanol–water partition coefficient (Wildman–Crippen LogP) is 7.66. The number of para-hydroxylation sites is 2. The van der Waals surface area contributed by atoms with E-state index in [1.807, 2.05) is 23.6 Å². The van der Waals surface area contributed by atoms with Gasteiger partial charge < -0.3 is 9.69 Å². The number of thioether (sulfide) groups is 1. The number of carbonyl (C=O) groups excluding carboxylic acids is 1. The molecule has 0 saturated carbocycles. The Bertz CT molecular complexity index is 1130. The molecule has 1 aromatic heterocycles. The molecule has 2 unspecified atom stereocenters. The van der Waals surface area contributed by atoms with Crippen LogP contribution in [-0.4, -0.2) is 6.29 Å². The molecular weight excluding hydrogens is 418 g/mol. The summed E-state index contributed by atoms with van der Waals surface area (Å²) >= 11 is 3.25. The van der Waals surface area contributed by atoms with Crippen LogP contribution in [0.25, 0.3) is 0 Å². The van der Waals surface area contributed by atoms with Crippen LogP contribution in [0.4, 0.5) is 17.1 Å². The molecule has 2 heterocycles. The van der Waals surface area contributed by atoms with Gasteiger partial charge in [-0.05, 0) is 58.8 Å². The highest BCUT2D eigenvalue weighted by Crippen LogP contribution is 2.54. The molecule has 0 aliphatic carbocycles. The predicted molar refractivity (Wildman–Crippen MR) is 133 cm³/mol. The molecule has 0 bridgehead atoms. The van der Waals surface area contributed by atoms with Crippen molar-refractivity contribution in [2.45, 2.75) is 10.7 Å². The Kier molecular flexibility index (Phi) is 5.49. The average molecular weight is 440 g/mol. The van der Waals surface area contributed by atoms with Crippen LogP contribution in [0.1, 0.15) is 16.4 Å². The third kappa shape index (κ3) is 3.62. The first-order valence-electron chi connectivity index (χ1n) is 10.2. The van der Waals surface area contributed by atoms with Crippen molar-refractivity contribution in [2.75, 3.05) is 4.90 Å². The summed E-state index contributed by atoms with van der Waals surface area (Å²) in [6.07, 6.45) is 3.27. The monoisotopic (exact) mass is 439 g/mol. The molecule has 2 nitrogen and oxygen atoms in total. The Morgan fingerprint density at radius 3 is 1.90 bits per heavy atom. The van der Waals surface area contributed by atoms with Gasteiger partial charge in [-0.15, -0.1) is 23.1 Å². The number of anilines is 3. The number of hydrogen-bond acceptors (Lipinski definition) is 4. The highest BCUT2D eigenvalue weighted by Gasteiger charge is 2.44. The zero-order valence-electron chi connectivity index (χ0n) is 16.8. The number of carbonyl (C=O) groups is 1. The maximum absolute atomic E-state index is 12.3. The van der Waals surface area contributed by atoms with Gasteiger partial charge in [-0.25, -0.2) is 0 Å². The Morgan fingerprint density at radius 1 is 0.742 bits per heavy atom. The van der Waals surface area contributed by atoms with Gasteiger partial charge in [0, 0.05) is 27.9 Å². The molecule has 2 atom stereocenters. The zero-order chi connectivity index (χ0) is 21.1. The lowest BCUT2D eigenvalue weighted by atomic mass is 9.85. The van der Waals surface area contributed by atoms with Crippen LogP contribution < -0.4 is 4.90 Å². The van der Waals surface area contributed by atoms with Crippen LogP contribution in [0.3, 0.4) is 0 Å². The number of thiophene rings is 1. The molecule has 5 rings (SSSR count). The van der Waals surface area contributed by atoms with Crippen LogP contribution in [-0.2, 0) is 9.54 Å². The van der Waals surface area contributed by atoms with E-state index in [1.54, 1.807) is 23.1 Å². The second-order valence-electron chi connectivity index (χ2n) is 7.41. The van der Waals surface area contributed by atoms with Crippen molar-refractivity contribution in [3.05, 3.63) is 124 Å². The molecule has 0 N–H and O–H groups in total. The molecule has 4 heteroatoms. The van der Waals surface area contributed by atoms with Gasteiger partial charge in [-0.1, -0.05) is 60.7 Å². The van der Waals surface area contributed by atoms with E-state index < -0.39 is 4.75 Å². The fourth-order valence-electron chi connectivity index (χ4n) is 4.11. The molecular formula is C27H21NOS2. The van der Waals surface area contributed by atoms with Gasteiger partial charge in [0.25, 0.3) is 0 Å². The lowest BCUT2D eigenvalue weighted by Crippen LogP contribution is -2.27. The van der Waals surface area contributed by atoms with Crippen LogP contribution in [0.15, 0.2) is 114 Å². The summed E-state index contributed by atoms with van der Waals surface area (Å²) in [6, 6.07) is 33.4. The third-order valence-corrected chi connectivity index (χ3v) is 8.02. The van der Waals surface area contributed by atoms with E-state index in [9.17, 15) is 4.79 Å². The minimum Gasteiger partial charge on any atom is -0.311 e. The standard InChI is InChI=1S/C27H21NOS2/c29-20-27(26-12-7-18-30-26)25(17-19-31-27)21-13-15-24(16-14-21)28(22-8-3-1-4-9-22)23-10-5-2-6-11-23/h1-20,25H. The molecule has 1 aliphatic heterocycles. The van der Waals surface area contributed by atoms with E-state index in [0.29, 0.717) is 0 Å². The SMILES string of the molecule is O=CC1(c2cccs2)SC=CC1c1ccc(N(c2ccccc2)c2ccccc2)cc1. The summed E-state index contributed by atoms with van der Waals surface area (Å²) in [5.41, 5.74) is 4.45. The van der Waals surface area contributed by atoms with Crippen molar-refractivity contribution in [1.82, 2.24) is 0 Å². The van der Waals surface area contributed by atoms with Crippen LogP contribution >= 0.6 is 23.1 Å². The van der Waals surface area contributed by atoms with Crippen LogP contribution in [0, 0.1) is 0 Å². The smallest absolute Gasteiger partial charge is 0.142 e. The molecule has 0 fully saturated rings. The molecule has 0 spiro atoms. The van der Waals surface area contributed by atoms with Crippen molar-refractivity contribution >= 4 is 46.4 Å². The van der Waals surface area contributed by atoms with Gasteiger partial charge in [0.2, 0.25) is 0 Å². The third-order valence-electron chi connectivity index (χ3n) is 5.62. The highest BCUT2D eigenvalue weighted by atomic mass is 32.2. The fraction of sp³-hybridized carbons (Fsp3) is 0.0741. The summed E-state index contributed by atoms with van der Waals surface area (Å²) < 4.78 is -0.575. The van der Waals surface area contributed by atoms with Gasteiger partial charge in [0.1, 0.15) is 11.0 Å². The summed E-state index contributed by atoms with van der Waals surface area (Å²) in [4.78, 5) is 15.6. The second-order valence-corrected chi connectivity index (χ2v) is 9.54. The Morgan fingerprint density at radius 2 is 1.35 bits per heavy atom. The van der Waals surface area contributed by atoms with Crippen molar-refractivity contribution in [2.24, 2.45) is 0 Å². The van der Waals surface area contributed by atoms with E-state index in [-0.39, 0.29) is 5.92 Å².